The van der Waals surface area contributed by atoms with E-state index >= 15 is 0 Å². The lowest BCUT2D eigenvalue weighted by molar-refractivity contribution is 0.102. The predicted molar refractivity (Wildman–Crippen MR) is 88.9 cm³/mol. The SMILES string of the molecule is COc1ccsc1C(=O)Nc1ccc(C(N)=S)cc1Br. The number of rotatable bonds is 4. The van der Waals surface area contributed by atoms with Crippen LogP contribution in [0, 0.1) is 0 Å². The lowest BCUT2D eigenvalue weighted by Crippen LogP contribution is -2.13. The van der Waals surface area contributed by atoms with E-state index in [4.69, 9.17) is 22.7 Å². The third-order valence-corrected chi connectivity index (χ3v) is 4.34. The zero-order valence-corrected chi connectivity index (χ0v) is 13.7. The summed E-state index contributed by atoms with van der Waals surface area (Å²) in [6.07, 6.45) is 0. The van der Waals surface area contributed by atoms with Gasteiger partial charge in [0.05, 0.1) is 12.8 Å². The lowest BCUT2D eigenvalue weighted by atomic mass is 10.2. The molecule has 0 bridgehead atoms. The van der Waals surface area contributed by atoms with Gasteiger partial charge in [0.25, 0.3) is 5.91 Å². The van der Waals surface area contributed by atoms with E-state index in [0.717, 1.165) is 5.56 Å². The van der Waals surface area contributed by atoms with Crippen LogP contribution in [0.4, 0.5) is 5.69 Å². The maximum absolute atomic E-state index is 12.2. The largest absolute Gasteiger partial charge is 0.495 e. The Labute approximate surface area is 134 Å². The summed E-state index contributed by atoms with van der Waals surface area (Å²) in [6.45, 7) is 0. The Morgan fingerprint density at radius 2 is 2.20 bits per heavy atom. The molecule has 0 saturated heterocycles. The van der Waals surface area contributed by atoms with Gasteiger partial charge in [0.15, 0.2) is 0 Å². The normalized spacial score (nSPS) is 10.1. The first-order chi connectivity index (χ1) is 9.52. The van der Waals surface area contributed by atoms with Crippen LogP contribution in [0.3, 0.4) is 0 Å². The zero-order chi connectivity index (χ0) is 14.7. The first-order valence-corrected chi connectivity index (χ1v) is 7.63. The number of carbonyl (C=O) groups excluding carboxylic acids is 1. The molecule has 4 nitrogen and oxygen atoms in total. The number of ether oxygens (including phenoxy) is 1. The van der Waals surface area contributed by atoms with Gasteiger partial charge in [-0.1, -0.05) is 12.2 Å². The monoisotopic (exact) mass is 370 g/mol. The second kappa shape index (κ2) is 6.34. The van der Waals surface area contributed by atoms with Crippen molar-refractivity contribution in [3.05, 3.63) is 44.6 Å². The first kappa shape index (κ1) is 15.0. The van der Waals surface area contributed by atoms with Crippen LogP contribution in [0.1, 0.15) is 15.2 Å². The van der Waals surface area contributed by atoms with Gasteiger partial charge in [-0.3, -0.25) is 4.79 Å². The molecule has 3 N–H and O–H groups in total. The number of anilines is 1. The van der Waals surface area contributed by atoms with E-state index in [1.165, 1.54) is 18.4 Å². The van der Waals surface area contributed by atoms with E-state index in [0.29, 0.717) is 25.8 Å². The van der Waals surface area contributed by atoms with Crippen molar-refractivity contribution in [2.45, 2.75) is 0 Å². The van der Waals surface area contributed by atoms with Gasteiger partial charge in [0.1, 0.15) is 15.6 Å². The van der Waals surface area contributed by atoms with Gasteiger partial charge in [-0.05, 0) is 45.6 Å². The number of amides is 1. The zero-order valence-electron chi connectivity index (χ0n) is 10.5. The molecular formula is C13H11BrN2O2S2. The number of methoxy groups -OCH3 is 1. The molecule has 1 aromatic carbocycles. The number of nitrogens with two attached hydrogens (primary N) is 1. The Morgan fingerprint density at radius 1 is 1.45 bits per heavy atom. The molecule has 7 heteroatoms. The second-order valence-corrected chi connectivity index (χ2v) is 6.04. The van der Waals surface area contributed by atoms with Crippen molar-refractivity contribution in [3.8, 4) is 5.75 Å². The predicted octanol–water partition coefficient (Wildman–Crippen LogP) is 3.41. The number of nitrogens with one attached hydrogen (secondary N) is 1. The number of thiophene rings is 1. The molecule has 1 heterocycles. The van der Waals surface area contributed by atoms with E-state index in [2.05, 4.69) is 21.2 Å². The van der Waals surface area contributed by atoms with Gasteiger partial charge in [-0.25, -0.2) is 0 Å². The number of thiocarbonyl (C=S) groups is 1. The van der Waals surface area contributed by atoms with Crippen LogP contribution in [-0.2, 0) is 0 Å². The smallest absolute Gasteiger partial charge is 0.269 e. The summed E-state index contributed by atoms with van der Waals surface area (Å²) in [5.41, 5.74) is 6.94. The van der Waals surface area contributed by atoms with Crippen molar-refractivity contribution < 1.29 is 9.53 Å². The summed E-state index contributed by atoms with van der Waals surface area (Å²) >= 11 is 9.61. The third-order valence-electron chi connectivity index (χ3n) is 2.56. The molecule has 0 spiro atoms. The lowest BCUT2D eigenvalue weighted by Gasteiger charge is -2.09. The average molecular weight is 371 g/mol. The standard InChI is InChI=1S/C13H11BrN2O2S2/c1-18-10-4-5-20-11(10)13(17)16-9-3-2-7(12(15)19)6-8(9)14/h2-6H,1H3,(H2,15,19)(H,16,17). The fourth-order valence-corrected chi connectivity index (χ4v) is 2.93. The van der Waals surface area contributed by atoms with E-state index in [1.54, 1.807) is 29.6 Å². The summed E-state index contributed by atoms with van der Waals surface area (Å²) in [7, 11) is 1.53. The highest BCUT2D eigenvalue weighted by Gasteiger charge is 2.15. The van der Waals surface area contributed by atoms with Crippen LogP contribution >= 0.6 is 39.5 Å². The minimum Gasteiger partial charge on any atom is -0.495 e. The number of benzene rings is 1. The fraction of sp³-hybridized carbons (Fsp3) is 0.0769. The van der Waals surface area contributed by atoms with Crippen LogP contribution in [-0.4, -0.2) is 18.0 Å². The van der Waals surface area contributed by atoms with E-state index < -0.39 is 0 Å². The molecular weight excluding hydrogens is 360 g/mol. The quantitative estimate of drug-likeness (QED) is 0.809. The summed E-state index contributed by atoms with van der Waals surface area (Å²) in [6, 6.07) is 7.03. The van der Waals surface area contributed by atoms with Crippen molar-refractivity contribution in [2.75, 3.05) is 12.4 Å². The molecule has 104 valence electrons. The molecule has 20 heavy (non-hydrogen) atoms. The summed E-state index contributed by atoms with van der Waals surface area (Å²) in [4.78, 5) is 13.0. The average Bonchev–Trinajstić information content (AvgIpc) is 2.89. The Bertz CT molecular complexity index is 670. The van der Waals surface area contributed by atoms with Gasteiger partial charge in [-0.15, -0.1) is 11.3 Å². The van der Waals surface area contributed by atoms with Gasteiger partial charge in [0, 0.05) is 10.0 Å². The van der Waals surface area contributed by atoms with Crippen LogP contribution in [0.5, 0.6) is 5.75 Å². The molecule has 0 atom stereocenters. The second-order valence-electron chi connectivity index (χ2n) is 3.83. The van der Waals surface area contributed by atoms with Crippen molar-refractivity contribution >= 4 is 56.1 Å². The minimum atomic E-state index is -0.222. The van der Waals surface area contributed by atoms with E-state index in [-0.39, 0.29) is 5.91 Å². The van der Waals surface area contributed by atoms with Crippen molar-refractivity contribution in [1.82, 2.24) is 0 Å². The molecule has 0 aliphatic carbocycles. The van der Waals surface area contributed by atoms with Crippen LogP contribution in [0.15, 0.2) is 34.1 Å². The Balaban J connectivity index is 2.22. The molecule has 2 rings (SSSR count). The Kier molecular flexibility index (Phi) is 4.74. The topological polar surface area (TPSA) is 64.3 Å². The summed E-state index contributed by atoms with van der Waals surface area (Å²) in [5.74, 6) is 0.337. The molecule has 0 radical (unpaired) electrons. The maximum atomic E-state index is 12.2. The number of hydrogen-bond donors (Lipinski definition) is 2. The Morgan fingerprint density at radius 3 is 2.80 bits per heavy atom. The van der Waals surface area contributed by atoms with Crippen LogP contribution < -0.4 is 15.8 Å². The molecule has 2 aromatic rings. The summed E-state index contributed by atoms with van der Waals surface area (Å²) in [5, 5.41) is 4.62. The molecule has 0 unspecified atom stereocenters. The van der Waals surface area contributed by atoms with E-state index in [9.17, 15) is 4.79 Å². The van der Waals surface area contributed by atoms with E-state index in [1.807, 2.05) is 0 Å². The maximum Gasteiger partial charge on any atom is 0.269 e. The fourth-order valence-electron chi connectivity index (χ4n) is 1.57. The van der Waals surface area contributed by atoms with Gasteiger partial charge in [0.2, 0.25) is 0 Å². The first-order valence-electron chi connectivity index (χ1n) is 5.55. The molecule has 0 aliphatic heterocycles. The summed E-state index contributed by atoms with van der Waals surface area (Å²) < 4.78 is 5.84. The highest BCUT2D eigenvalue weighted by Crippen LogP contribution is 2.28. The molecule has 1 amide bonds. The third kappa shape index (κ3) is 3.17. The van der Waals surface area contributed by atoms with Gasteiger partial charge >= 0.3 is 0 Å². The number of hydrogen-bond acceptors (Lipinski definition) is 4. The minimum absolute atomic E-state index is 0.222. The van der Waals surface area contributed by atoms with Crippen molar-refractivity contribution in [1.29, 1.82) is 0 Å². The molecule has 0 aliphatic rings. The number of carbonyl (C=O) groups is 1. The molecule has 0 saturated carbocycles. The van der Waals surface area contributed by atoms with Crippen molar-refractivity contribution in [3.63, 3.8) is 0 Å². The van der Waals surface area contributed by atoms with Crippen LogP contribution in [0.25, 0.3) is 0 Å². The molecule has 1 aromatic heterocycles. The highest BCUT2D eigenvalue weighted by atomic mass is 79.9. The Hall–Kier alpha value is -1.44. The number of halogens is 1. The highest BCUT2D eigenvalue weighted by molar-refractivity contribution is 9.10. The van der Waals surface area contributed by atoms with Crippen molar-refractivity contribution in [2.24, 2.45) is 5.73 Å². The van der Waals surface area contributed by atoms with Crippen LogP contribution in [0.2, 0.25) is 0 Å². The van der Waals surface area contributed by atoms with Gasteiger partial charge in [-0.2, -0.15) is 0 Å². The molecule has 0 fully saturated rings. The van der Waals surface area contributed by atoms with Gasteiger partial charge < -0.3 is 15.8 Å².